The molecule has 1 aromatic carbocycles. The van der Waals surface area contributed by atoms with Crippen LogP contribution in [0.15, 0.2) is 40.2 Å². The van der Waals surface area contributed by atoms with Crippen molar-refractivity contribution in [1.29, 1.82) is 0 Å². The summed E-state index contributed by atoms with van der Waals surface area (Å²) in [6.45, 7) is 4.27. The number of benzene rings is 1. The van der Waals surface area contributed by atoms with E-state index in [1.165, 1.54) is 10.4 Å². The van der Waals surface area contributed by atoms with Gasteiger partial charge in [0.1, 0.15) is 0 Å². The van der Waals surface area contributed by atoms with Crippen molar-refractivity contribution in [3.05, 3.63) is 50.6 Å². The first-order valence-electron chi connectivity index (χ1n) is 5.23. The van der Waals surface area contributed by atoms with Gasteiger partial charge >= 0.3 is 0 Å². The summed E-state index contributed by atoms with van der Waals surface area (Å²) in [5, 5.41) is 5.61. The zero-order chi connectivity index (χ0) is 11.5. The minimum Gasteiger partial charge on any atom is -0.377 e. The lowest BCUT2D eigenvalue weighted by Gasteiger charge is -2.15. The van der Waals surface area contributed by atoms with Crippen molar-refractivity contribution in [2.24, 2.45) is 0 Å². The SMILES string of the molecule is Cc1ccc(NC(C)c2cccs2)c(Br)c1. The maximum atomic E-state index is 3.58. The highest BCUT2D eigenvalue weighted by Crippen LogP contribution is 2.28. The van der Waals surface area contributed by atoms with E-state index in [1.54, 1.807) is 11.3 Å². The van der Waals surface area contributed by atoms with Crippen LogP contribution in [-0.2, 0) is 0 Å². The van der Waals surface area contributed by atoms with Gasteiger partial charge in [0.15, 0.2) is 0 Å². The van der Waals surface area contributed by atoms with E-state index in [4.69, 9.17) is 0 Å². The van der Waals surface area contributed by atoms with Crippen LogP contribution in [0.2, 0.25) is 0 Å². The first kappa shape index (κ1) is 11.7. The lowest BCUT2D eigenvalue weighted by atomic mass is 10.2. The smallest absolute Gasteiger partial charge is 0.0578 e. The third-order valence-corrected chi connectivity index (χ3v) is 4.18. The fourth-order valence-electron chi connectivity index (χ4n) is 1.58. The molecule has 0 aliphatic rings. The lowest BCUT2D eigenvalue weighted by Crippen LogP contribution is -2.05. The number of thiophene rings is 1. The molecule has 1 unspecified atom stereocenters. The maximum absolute atomic E-state index is 3.58. The molecule has 1 nitrogen and oxygen atoms in total. The van der Waals surface area contributed by atoms with Gasteiger partial charge in [-0.15, -0.1) is 11.3 Å². The molecule has 2 aromatic rings. The average molecular weight is 296 g/mol. The Balaban J connectivity index is 2.15. The molecule has 0 saturated carbocycles. The molecule has 0 saturated heterocycles. The van der Waals surface area contributed by atoms with Crippen molar-refractivity contribution in [3.8, 4) is 0 Å². The van der Waals surface area contributed by atoms with Crippen LogP contribution in [0.3, 0.4) is 0 Å². The molecule has 16 heavy (non-hydrogen) atoms. The zero-order valence-electron chi connectivity index (χ0n) is 9.33. The van der Waals surface area contributed by atoms with Crippen molar-refractivity contribution < 1.29 is 0 Å². The van der Waals surface area contributed by atoms with Crippen LogP contribution in [-0.4, -0.2) is 0 Å². The Labute approximate surface area is 109 Å². The summed E-state index contributed by atoms with van der Waals surface area (Å²) in [5.41, 5.74) is 2.41. The minimum absolute atomic E-state index is 0.346. The number of nitrogens with one attached hydrogen (secondary N) is 1. The van der Waals surface area contributed by atoms with Gasteiger partial charge in [0.25, 0.3) is 0 Å². The lowest BCUT2D eigenvalue weighted by molar-refractivity contribution is 0.906. The number of halogens is 1. The van der Waals surface area contributed by atoms with Gasteiger partial charge in [-0.25, -0.2) is 0 Å². The Kier molecular flexibility index (Phi) is 3.66. The highest BCUT2D eigenvalue weighted by atomic mass is 79.9. The molecule has 2 rings (SSSR count). The van der Waals surface area contributed by atoms with Gasteiger partial charge in [-0.3, -0.25) is 0 Å². The molecule has 0 amide bonds. The Hall–Kier alpha value is -0.800. The predicted octanol–water partition coefficient (Wildman–Crippen LogP) is 4.99. The summed E-state index contributed by atoms with van der Waals surface area (Å²) >= 11 is 5.36. The monoisotopic (exact) mass is 295 g/mol. The molecule has 0 aliphatic carbocycles. The maximum Gasteiger partial charge on any atom is 0.0578 e. The Morgan fingerprint density at radius 3 is 2.75 bits per heavy atom. The number of hydrogen-bond acceptors (Lipinski definition) is 2. The summed E-state index contributed by atoms with van der Waals surface area (Å²) in [6.07, 6.45) is 0. The third kappa shape index (κ3) is 2.66. The molecule has 1 heterocycles. The van der Waals surface area contributed by atoms with Crippen molar-refractivity contribution in [1.82, 2.24) is 0 Å². The van der Waals surface area contributed by atoms with Crippen LogP contribution in [0.4, 0.5) is 5.69 Å². The first-order valence-corrected chi connectivity index (χ1v) is 6.90. The van der Waals surface area contributed by atoms with E-state index in [2.05, 4.69) is 70.8 Å². The summed E-state index contributed by atoms with van der Waals surface area (Å²) < 4.78 is 1.12. The van der Waals surface area contributed by atoms with E-state index < -0.39 is 0 Å². The summed E-state index contributed by atoms with van der Waals surface area (Å²) in [6, 6.07) is 11.0. The van der Waals surface area contributed by atoms with Gasteiger partial charge in [0.2, 0.25) is 0 Å². The molecule has 84 valence electrons. The molecule has 1 N–H and O–H groups in total. The number of rotatable bonds is 3. The first-order chi connectivity index (χ1) is 7.66. The van der Waals surface area contributed by atoms with Gasteiger partial charge < -0.3 is 5.32 Å². The van der Waals surface area contributed by atoms with Crippen LogP contribution in [0.1, 0.15) is 23.4 Å². The summed E-state index contributed by atoms with van der Waals surface area (Å²) in [7, 11) is 0. The van der Waals surface area contributed by atoms with E-state index in [9.17, 15) is 0 Å². The molecular weight excluding hydrogens is 282 g/mol. The second-order valence-corrected chi connectivity index (χ2v) is 5.70. The van der Waals surface area contributed by atoms with Gasteiger partial charge in [0.05, 0.1) is 6.04 Å². The Morgan fingerprint density at radius 2 is 2.12 bits per heavy atom. The highest BCUT2D eigenvalue weighted by Gasteiger charge is 2.07. The number of hydrogen-bond donors (Lipinski definition) is 1. The molecule has 3 heteroatoms. The van der Waals surface area contributed by atoms with Crippen molar-refractivity contribution in [3.63, 3.8) is 0 Å². The fourth-order valence-corrected chi connectivity index (χ4v) is 2.92. The van der Waals surface area contributed by atoms with E-state index in [0.29, 0.717) is 6.04 Å². The van der Waals surface area contributed by atoms with Crippen LogP contribution < -0.4 is 5.32 Å². The second kappa shape index (κ2) is 5.02. The van der Waals surface area contributed by atoms with Crippen molar-refractivity contribution >= 4 is 33.0 Å². The molecule has 1 aromatic heterocycles. The zero-order valence-corrected chi connectivity index (χ0v) is 11.7. The van der Waals surface area contributed by atoms with Crippen LogP contribution >= 0.6 is 27.3 Å². The number of aryl methyl sites for hydroxylation is 1. The van der Waals surface area contributed by atoms with Gasteiger partial charge in [-0.2, -0.15) is 0 Å². The topological polar surface area (TPSA) is 12.0 Å². The Morgan fingerprint density at radius 1 is 1.31 bits per heavy atom. The van der Waals surface area contributed by atoms with E-state index in [1.807, 2.05) is 0 Å². The van der Waals surface area contributed by atoms with E-state index in [0.717, 1.165) is 10.2 Å². The second-order valence-electron chi connectivity index (χ2n) is 3.86. The van der Waals surface area contributed by atoms with Crippen LogP contribution in [0.5, 0.6) is 0 Å². The Bertz CT molecular complexity index is 465. The minimum atomic E-state index is 0.346. The summed E-state index contributed by atoms with van der Waals surface area (Å²) in [5.74, 6) is 0. The fraction of sp³-hybridized carbons (Fsp3) is 0.231. The molecule has 1 atom stereocenters. The largest absolute Gasteiger partial charge is 0.377 e. The molecule has 0 spiro atoms. The van der Waals surface area contributed by atoms with E-state index >= 15 is 0 Å². The molecule has 0 aliphatic heterocycles. The molecular formula is C13H14BrNS. The predicted molar refractivity (Wildman–Crippen MR) is 75.2 cm³/mol. The van der Waals surface area contributed by atoms with Crippen molar-refractivity contribution in [2.75, 3.05) is 5.32 Å². The number of anilines is 1. The van der Waals surface area contributed by atoms with Crippen LogP contribution in [0, 0.1) is 6.92 Å². The van der Waals surface area contributed by atoms with Crippen molar-refractivity contribution in [2.45, 2.75) is 19.9 Å². The van der Waals surface area contributed by atoms with Gasteiger partial charge in [-0.1, -0.05) is 12.1 Å². The molecule has 0 fully saturated rings. The van der Waals surface area contributed by atoms with Gasteiger partial charge in [0, 0.05) is 15.0 Å². The van der Waals surface area contributed by atoms with Crippen LogP contribution in [0.25, 0.3) is 0 Å². The third-order valence-electron chi connectivity index (χ3n) is 2.47. The van der Waals surface area contributed by atoms with E-state index in [-0.39, 0.29) is 0 Å². The molecule has 0 bridgehead atoms. The summed E-state index contributed by atoms with van der Waals surface area (Å²) in [4.78, 5) is 1.35. The highest BCUT2D eigenvalue weighted by molar-refractivity contribution is 9.10. The standard InChI is InChI=1S/C13H14BrNS/c1-9-5-6-12(11(14)8-9)15-10(2)13-4-3-7-16-13/h3-8,10,15H,1-2H3. The molecule has 0 radical (unpaired) electrons. The normalized spacial score (nSPS) is 12.4. The quantitative estimate of drug-likeness (QED) is 0.841. The van der Waals surface area contributed by atoms with Gasteiger partial charge in [-0.05, 0) is 58.9 Å². The average Bonchev–Trinajstić information content (AvgIpc) is 2.75.